The van der Waals surface area contributed by atoms with E-state index in [1.807, 2.05) is 0 Å². The summed E-state index contributed by atoms with van der Waals surface area (Å²) < 4.78 is 27.2. The normalized spacial score (nSPS) is 15.2. The fourth-order valence-corrected chi connectivity index (χ4v) is 1.70. The van der Waals surface area contributed by atoms with Crippen LogP contribution in [-0.4, -0.2) is 12.2 Å². The van der Waals surface area contributed by atoms with Gasteiger partial charge >= 0.3 is 0 Å². The van der Waals surface area contributed by atoms with Crippen LogP contribution in [0, 0.1) is 11.7 Å². The molecule has 0 bridgehead atoms. The second-order valence-corrected chi connectivity index (χ2v) is 4.73. The highest BCUT2D eigenvalue weighted by Gasteiger charge is 2.32. The van der Waals surface area contributed by atoms with Gasteiger partial charge in [-0.1, -0.05) is 31.5 Å². The molecule has 0 aliphatic heterocycles. The molecule has 0 heterocycles. The van der Waals surface area contributed by atoms with Crippen LogP contribution >= 0.6 is 11.6 Å². The summed E-state index contributed by atoms with van der Waals surface area (Å²) in [5, 5.41) is 0.0145. The molecule has 16 heavy (non-hydrogen) atoms. The molecule has 0 fully saturated rings. The van der Waals surface area contributed by atoms with Crippen molar-refractivity contribution in [1.29, 1.82) is 0 Å². The van der Waals surface area contributed by atoms with Crippen LogP contribution < -0.4 is 5.73 Å². The van der Waals surface area contributed by atoms with E-state index in [-0.39, 0.29) is 23.9 Å². The molecule has 0 aromatic heterocycles. The van der Waals surface area contributed by atoms with E-state index in [2.05, 4.69) is 0 Å². The highest BCUT2D eigenvalue weighted by atomic mass is 35.5. The molecular formula is C12H16ClF2N. The van der Waals surface area contributed by atoms with Gasteiger partial charge in [0, 0.05) is 13.0 Å². The molecule has 1 aromatic carbocycles. The molecule has 0 spiro atoms. The van der Waals surface area contributed by atoms with Crippen molar-refractivity contribution in [3.05, 3.63) is 34.6 Å². The van der Waals surface area contributed by atoms with E-state index in [0.717, 1.165) is 0 Å². The fourth-order valence-electron chi connectivity index (χ4n) is 1.50. The van der Waals surface area contributed by atoms with Gasteiger partial charge in [-0.25, -0.2) is 8.78 Å². The van der Waals surface area contributed by atoms with Gasteiger partial charge in [0.15, 0.2) is 0 Å². The van der Waals surface area contributed by atoms with Gasteiger partial charge in [0.1, 0.15) is 11.5 Å². The van der Waals surface area contributed by atoms with E-state index in [0.29, 0.717) is 5.56 Å². The van der Waals surface area contributed by atoms with Crippen molar-refractivity contribution < 1.29 is 8.78 Å². The van der Waals surface area contributed by atoms with E-state index in [4.69, 9.17) is 17.3 Å². The summed E-state index contributed by atoms with van der Waals surface area (Å²) in [6, 6.07) is 4.23. The van der Waals surface area contributed by atoms with Gasteiger partial charge in [0.25, 0.3) is 0 Å². The molecule has 1 unspecified atom stereocenters. The van der Waals surface area contributed by atoms with E-state index in [1.54, 1.807) is 13.8 Å². The predicted molar refractivity (Wildman–Crippen MR) is 62.8 cm³/mol. The highest BCUT2D eigenvalue weighted by molar-refractivity contribution is 6.30. The van der Waals surface area contributed by atoms with Gasteiger partial charge in [-0.05, 0) is 23.6 Å². The lowest BCUT2D eigenvalue weighted by atomic mass is 9.86. The zero-order valence-corrected chi connectivity index (χ0v) is 10.2. The maximum absolute atomic E-state index is 14.3. The summed E-state index contributed by atoms with van der Waals surface area (Å²) in [6.45, 7) is 3.50. The Kier molecular flexibility index (Phi) is 4.28. The first-order valence-electron chi connectivity index (χ1n) is 5.22. The topological polar surface area (TPSA) is 26.0 Å². The molecule has 4 heteroatoms. The Morgan fingerprint density at radius 3 is 2.50 bits per heavy atom. The number of alkyl halides is 1. The second kappa shape index (κ2) is 5.11. The van der Waals surface area contributed by atoms with Crippen LogP contribution in [-0.2, 0) is 6.42 Å². The van der Waals surface area contributed by atoms with E-state index in [9.17, 15) is 8.78 Å². The summed E-state index contributed by atoms with van der Waals surface area (Å²) in [4.78, 5) is 0. The second-order valence-electron chi connectivity index (χ2n) is 4.32. The van der Waals surface area contributed by atoms with Crippen LogP contribution in [0.3, 0.4) is 0 Å². The van der Waals surface area contributed by atoms with E-state index >= 15 is 0 Å². The van der Waals surface area contributed by atoms with Crippen molar-refractivity contribution in [2.45, 2.75) is 25.9 Å². The van der Waals surface area contributed by atoms with Crippen LogP contribution in [0.25, 0.3) is 0 Å². The molecule has 2 N–H and O–H groups in total. The minimum absolute atomic E-state index is 0.0145. The summed E-state index contributed by atoms with van der Waals surface area (Å²) in [6.07, 6.45) is 0.154. The number of rotatable bonds is 4. The van der Waals surface area contributed by atoms with Gasteiger partial charge in [-0.3, -0.25) is 0 Å². The van der Waals surface area contributed by atoms with Gasteiger partial charge in [-0.2, -0.15) is 0 Å². The van der Waals surface area contributed by atoms with Crippen molar-refractivity contribution in [1.82, 2.24) is 0 Å². The van der Waals surface area contributed by atoms with Crippen LogP contribution in [0.4, 0.5) is 8.78 Å². The lowest BCUT2D eigenvalue weighted by Crippen LogP contribution is -2.40. The summed E-state index contributed by atoms with van der Waals surface area (Å²) in [5.41, 5.74) is 4.63. The minimum atomic E-state index is -1.47. The summed E-state index contributed by atoms with van der Waals surface area (Å²) in [5.74, 6) is -0.687. The Bertz CT molecular complexity index is 368. The van der Waals surface area contributed by atoms with Crippen LogP contribution in [0.15, 0.2) is 18.2 Å². The maximum atomic E-state index is 14.3. The molecule has 0 aliphatic rings. The fraction of sp³-hybridized carbons (Fsp3) is 0.500. The van der Waals surface area contributed by atoms with Crippen molar-refractivity contribution in [2.75, 3.05) is 6.54 Å². The van der Waals surface area contributed by atoms with Crippen LogP contribution in [0.2, 0.25) is 5.02 Å². The maximum Gasteiger partial charge on any atom is 0.141 e. The van der Waals surface area contributed by atoms with Crippen LogP contribution in [0.1, 0.15) is 19.4 Å². The van der Waals surface area contributed by atoms with Crippen molar-refractivity contribution in [3.8, 4) is 0 Å². The molecule has 0 radical (unpaired) electrons. The third kappa shape index (κ3) is 2.92. The van der Waals surface area contributed by atoms with Crippen LogP contribution in [0.5, 0.6) is 0 Å². The molecule has 0 saturated heterocycles. The monoisotopic (exact) mass is 247 g/mol. The first kappa shape index (κ1) is 13.4. The Morgan fingerprint density at radius 1 is 1.44 bits per heavy atom. The Hall–Kier alpha value is -0.670. The molecule has 1 aromatic rings. The molecule has 1 atom stereocenters. The number of hydrogen-bond acceptors (Lipinski definition) is 1. The first-order valence-corrected chi connectivity index (χ1v) is 5.60. The average molecular weight is 248 g/mol. The smallest absolute Gasteiger partial charge is 0.141 e. The molecule has 0 aliphatic carbocycles. The highest BCUT2D eigenvalue weighted by Crippen LogP contribution is 2.27. The quantitative estimate of drug-likeness (QED) is 0.868. The van der Waals surface area contributed by atoms with Crippen molar-refractivity contribution >= 4 is 11.6 Å². The summed E-state index contributed by atoms with van der Waals surface area (Å²) >= 11 is 5.64. The predicted octanol–water partition coefficient (Wildman–Crippen LogP) is 3.34. The minimum Gasteiger partial charge on any atom is -0.328 e. The Morgan fingerprint density at radius 2 is 2.06 bits per heavy atom. The number of nitrogens with two attached hydrogens (primary N) is 1. The van der Waals surface area contributed by atoms with Gasteiger partial charge in [0.2, 0.25) is 0 Å². The zero-order valence-electron chi connectivity index (χ0n) is 9.43. The lowest BCUT2D eigenvalue weighted by Gasteiger charge is -2.28. The van der Waals surface area contributed by atoms with Gasteiger partial charge < -0.3 is 5.73 Å². The SMILES string of the molecule is CC(C)C(F)(CN)Cc1ccc(F)c(Cl)c1. The molecule has 0 amide bonds. The van der Waals surface area contributed by atoms with E-state index in [1.165, 1.54) is 18.2 Å². The number of benzene rings is 1. The molecule has 1 rings (SSSR count). The largest absolute Gasteiger partial charge is 0.328 e. The number of halogens is 3. The standard InChI is InChI=1S/C12H16ClF2N/c1-8(2)12(15,7-16)6-9-3-4-11(14)10(13)5-9/h3-5,8H,6-7,16H2,1-2H3. The van der Waals surface area contributed by atoms with Crippen molar-refractivity contribution in [2.24, 2.45) is 11.7 Å². The Balaban J connectivity index is 2.90. The molecular weight excluding hydrogens is 232 g/mol. The molecule has 90 valence electrons. The third-order valence-corrected chi connectivity index (χ3v) is 3.15. The van der Waals surface area contributed by atoms with E-state index < -0.39 is 11.5 Å². The number of hydrogen-bond donors (Lipinski definition) is 1. The first-order chi connectivity index (χ1) is 7.39. The molecule has 0 saturated carbocycles. The summed E-state index contributed by atoms with van der Waals surface area (Å²) in [7, 11) is 0. The molecule has 1 nitrogen and oxygen atoms in total. The van der Waals surface area contributed by atoms with Crippen molar-refractivity contribution in [3.63, 3.8) is 0 Å². The lowest BCUT2D eigenvalue weighted by molar-refractivity contribution is 0.110. The van der Waals surface area contributed by atoms with Gasteiger partial charge in [-0.15, -0.1) is 0 Å². The Labute approximate surface area is 99.6 Å². The van der Waals surface area contributed by atoms with Gasteiger partial charge in [0.05, 0.1) is 5.02 Å². The third-order valence-electron chi connectivity index (χ3n) is 2.86. The average Bonchev–Trinajstić information content (AvgIpc) is 2.23. The zero-order chi connectivity index (χ0) is 12.3.